The van der Waals surface area contributed by atoms with Crippen molar-refractivity contribution in [2.45, 2.75) is 6.42 Å². The summed E-state index contributed by atoms with van der Waals surface area (Å²) in [7, 11) is -3.00. The zero-order valence-corrected chi connectivity index (χ0v) is 9.20. The number of hydrogen-bond acceptors (Lipinski definition) is 3. The van der Waals surface area contributed by atoms with E-state index in [1.165, 1.54) is 0 Å². The van der Waals surface area contributed by atoms with Crippen molar-refractivity contribution >= 4 is 27.3 Å². The highest BCUT2D eigenvalue weighted by Gasteiger charge is 2.32. The maximum absolute atomic E-state index is 11.4. The van der Waals surface area contributed by atoms with Crippen molar-refractivity contribution in [1.82, 2.24) is 5.32 Å². The van der Waals surface area contributed by atoms with Crippen molar-refractivity contribution < 1.29 is 13.2 Å². The number of carbonyl (C=O) groups excluding carboxylic acids is 1. The third kappa shape index (κ3) is 3.31. The van der Waals surface area contributed by atoms with Crippen LogP contribution >= 0.6 is 11.6 Å². The lowest BCUT2D eigenvalue weighted by Crippen LogP contribution is -2.32. The standard InChI is InChI=1S/C8H12ClNO3S/c1-6(9)4-10-8(11)7-2-3-14(12,13)5-7/h7H,1-5H2,(H,10,11). The Labute approximate surface area is 88.2 Å². The first-order valence-corrected chi connectivity index (χ1v) is 6.42. The molecule has 0 aromatic rings. The molecule has 14 heavy (non-hydrogen) atoms. The van der Waals surface area contributed by atoms with Gasteiger partial charge in [0.1, 0.15) is 0 Å². The Morgan fingerprint density at radius 1 is 1.57 bits per heavy atom. The fraction of sp³-hybridized carbons (Fsp3) is 0.625. The summed E-state index contributed by atoms with van der Waals surface area (Å²) in [5.41, 5.74) is 0. The Morgan fingerprint density at radius 2 is 2.21 bits per heavy atom. The van der Waals surface area contributed by atoms with E-state index in [9.17, 15) is 13.2 Å². The lowest BCUT2D eigenvalue weighted by atomic mass is 10.1. The summed E-state index contributed by atoms with van der Waals surface area (Å²) in [6.45, 7) is 3.61. The highest BCUT2D eigenvalue weighted by atomic mass is 35.5. The van der Waals surface area contributed by atoms with Gasteiger partial charge in [-0.1, -0.05) is 18.2 Å². The molecule has 80 valence electrons. The van der Waals surface area contributed by atoms with Crippen LogP contribution in [0, 0.1) is 5.92 Å². The quantitative estimate of drug-likeness (QED) is 0.768. The van der Waals surface area contributed by atoms with Gasteiger partial charge in [-0.3, -0.25) is 4.79 Å². The number of rotatable bonds is 3. The van der Waals surface area contributed by atoms with E-state index in [1.54, 1.807) is 0 Å². The van der Waals surface area contributed by atoms with Crippen molar-refractivity contribution in [3.05, 3.63) is 11.6 Å². The Morgan fingerprint density at radius 3 is 2.64 bits per heavy atom. The van der Waals surface area contributed by atoms with E-state index in [0.29, 0.717) is 11.5 Å². The lowest BCUT2D eigenvalue weighted by molar-refractivity contribution is -0.124. The highest BCUT2D eigenvalue weighted by molar-refractivity contribution is 7.91. The molecular formula is C8H12ClNO3S. The van der Waals surface area contributed by atoms with Gasteiger partial charge in [0.15, 0.2) is 9.84 Å². The maximum atomic E-state index is 11.4. The summed E-state index contributed by atoms with van der Waals surface area (Å²) in [5, 5.41) is 2.86. The Hall–Kier alpha value is -0.550. The summed E-state index contributed by atoms with van der Waals surface area (Å²) in [6.07, 6.45) is 0.406. The molecule has 1 aliphatic heterocycles. The van der Waals surface area contributed by atoms with Crippen LogP contribution in [0.5, 0.6) is 0 Å². The summed E-state index contributed by atoms with van der Waals surface area (Å²) >= 11 is 5.46. The van der Waals surface area contributed by atoms with E-state index in [2.05, 4.69) is 11.9 Å². The fourth-order valence-electron chi connectivity index (χ4n) is 1.33. The van der Waals surface area contributed by atoms with Crippen LogP contribution in [0.3, 0.4) is 0 Å². The zero-order valence-electron chi connectivity index (χ0n) is 7.62. The van der Waals surface area contributed by atoms with E-state index in [-0.39, 0.29) is 24.0 Å². The molecular weight excluding hydrogens is 226 g/mol. The van der Waals surface area contributed by atoms with Crippen LogP contribution in [0.15, 0.2) is 11.6 Å². The van der Waals surface area contributed by atoms with Crippen LogP contribution in [-0.2, 0) is 14.6 Å². The molecule has 1 fully saturated rings. The first-order valence-electron chi connectivity index (χ1n) is 4.22. The van der Waals surface area contributed by atoms with Crippen LogP contribution < -0.4 is 5.32 Å². The monoisotopic (exact) mass is 237 g/mol. The smallest absolute Gasteiger partial charge is 0.224 e. The van der Waals surface area contributed by atoms with Gasteiger partial charge >= 0.3 is 0 Å². The van der Waals surface area contributed by atoms with Gasteiger partial charge in [-0.05, 0) is 6.42 Å². The van der Waals surface area contributed by atoms with Gasteiger partial charge in [-0.2, -0.15) is 0 Å². The van der Waals surface area contributed by atoms with Gasteiger partial charge in [0.05, 0.1) is 24.0 Å². The summed E-state index contributed by atoms with van der Waals surface area (Å²) in [6, 6.07) is 0. The maximum Gasteiger partial charge on any atom is 0.224 e. The number of halogens is 1. The lowest BCUT2D eigenvalue weighted by Gasteiger charge is -2.07. The number of amides is 1. The molecule has 1 N–H and O–H groups in total. The Balaban J connectivity index is 2.44. The molecule has 1 saturated heterocycles. The van der Waals surface area contributed by atoms with E-state index in [1.807, 2.05) is 0 Å². The minimum absolute atomic E-state index is 0.0480. The van der Waals surface area contributed by atoms with Gasteiger partial charge in [-0.15, -0.1) is 0 Å². The van der Waals surface area contributed by atoms with Crippen LogP contribution in [0.2, 0.25) is 0 Å². The average molecular weight is 238 g/mol. The normalized spacial score (nSPS) is 24.5. The second-order valence-electron chi connectivity index (χ2n) is 3.34. The van der Waals surface area contributed by atoms with Gasteiger partial charge in [-0.25, -0.2) is 8.42 Å². The predicted molar refractivity (Wildman–Crippen MR) is 54.8 cm³/mol. The van der Waals surface area contributed by atoms with Crippen molar-refractivity contribution in [2.24, 2.45) is 5.92 Å². The number of hydrogen-bond donors (Lipinski definition) is 1. The van der Waals surface area contributed by atoms with Crippen LogP contribution in [0.25, 0.3) is 0 Å². The molecule has 1 aliphatic rings. The fourth-order valence-corrected chi connectivity index (χ4v) is 3.14. The van der Waals surface area contributed by atoms with Gasteiger partial charge in [0, 0.05) is 5.03 Å². The minimum atomic E-state index is -3.00. The molecule has 1 atom stereocenters. The number of carbonyl (C=O) groups is 1. The van der Waals surface area contributed by atoms with Gasteiger partial charge < -0.3 is 5.32 Å². The van der Waals surface area contributed by atoms with Gasteiger partial charge in [0.2, 0.25) is 5.91 Å². The Bertz CT molecular complexity index is 350. The molecule has 0 bridgehead atoms. The molecule has 0 radical (unpaired) electrons. The number of sulfone groups is 1. The van der Waals surface area contributed by atoms with Crippen LogP contribution in [0.1, 0.15) is 6.42 Å². The molecule has 4 nitrogen and oxygen atoms in total. The predicted octanol–water partition coefficient (Wildman–Crippen LogP) is 0.290. The molecule has 0 saturated carbocycles. The summed E-state index contributed by atoms with van der Waals surface area (Å²) in [4.78, 5) is 11.4. The molecule has 1 heterocycles. The summed E-state index contributed by atoms with van der Waals surface area (Å²) < 4.78 is 22.1. The largest absolute Gasteiger partial charge is 0.351 e. The summed E-state index contributed by atoms with van der Waals surface area (Å²) in [5.74, 6) is -0.621. The molecule has 6 heteroatoms. The van der Waals surface area contributed by atoms with E-state index < -0.39 is 15.8 Å². The second-order valence-corrected chi connectivity index (χ2v) is 6.10. The molecule has 0 aromatic heterocycles. The van der Waals surface area contributed by atoms with Crippen molar-refractivity contribution in [1.29, 1.82) is 0 Å². The van der Waals surface area contributed by atoms with E-state index in [4.69, 9.17) is 11.6 Å². The van der Waals surface area contributed by atoms with Crippen molar-refractivity contribution in [3.8, 4) is 0 Å². The highest BCUT2D eigenvalue weighted by Crippen LogP contribution is 2.18. The third-order valence-corrected chi connectivity index (χ3v) is 3.96. The molecule has 1 rings (SSSR count). The average Bonchev–Trinajstić information content (AvgIpc) is 2.41. The first kappa shape index (κ1) is 11.5. The molecule has 0 aromatic carbocycles. The molecule has 1 unspecified atom stereocenters. The molecule has 0 spiro atoms. The Kier molecular flexibility index (Phi) is 3.55. The zero-order chi connectivity index (χ0) is 10.8. The minimum Gasteiger partial charge on any atom is -0.351 e. The second kappa shape index (κ2) is 4.31. The molecule has 0 aliphatic carbocycles. The SMILES string of the molecule is C=C(Cl)CNC(=O)C1CCS(=O)(=O)C1. The van der Waals surface area contributed by atoms with Crippen LogP contribution in [-0.4, -0.2) is 32.4 Å². The molecule has 1 amide bonds. The van der Waals surface area contributed by atoms with Gasteiger partial charge in [0.25, 0.3) is 0 Å². The van der Waals surface area contributed by atoms with Crippen molar-refractivity contribution in [3.63, 3.8) is 0 Å². The van der Waals surface area contributed by atoms with Crippen molar-refractivity contribution in [2.75, 3.05) is 18.1 Å². The van der Waals surface area contributed by atoms with Crippen LogP contribution in [0.4, 0.5) is 0 Å². The first-order chi connectivity index (χ1) is 6.41. The number of nitrogens with one attached hydrogen (secondary N) is 1. The topological polar surface area (TPSA) is 63.2 Å². The van der Waals surface area contributed by atoms with E-state index in [0.717, 1.165) is 0 Å². The van der Waals surface area contributed by atoms with E-state index >= 15 is 0 Å². The third-order valence-electron chi connectivity index (χ3n) is 2.06.